The van der Waals surface area contributed by atoms with Crippen LogP contribution in [0.4, 0.5) is 0 Å². The molecule has 0 aliphatic rings. The second-order valence-corrected chi connectivity index (χ2v) is 10.1. The Morgan fingerprint density at radius 2 is 1.38 bits per heavy atom. The highest BCUT2D eigenvalue weighted by Gasteiger charge is 2.40. The van der Waals surface area contributed by atoms with Gasteiger partial charge < -0.3 is 0 Å². The van der Waals surface area contributed by atoms with Gasteiger partial charge in [-0.15, -0.1) is 6.42 Å². The molecule has 0 heterocycles. The van der Waals surface area contributed by atoms with E-state index >= 15 is 0 Å². The van der Waals surface area contributed by atoms with Gasteiger partial charge in [0.15, 0.2) is 0 Å². The summed E-state index contributed by atoms with van der Waals surface area (Å²) in [4.78, 5) is 2.52. The summed E-state index contributed by atoms with van der Waals surface area (Å²) in [5.74, 6) is 6.79. The fraction of sp³-hybridized carbons (Fsp3) is 0.920. The van der Waals surface area contributed by atoms with Crippen molar-refractivity contribution in [1.29, 1.82) is 0 Å². The molecule has 0 radical (unpaired) electrons. The molecule has 0 spiro atoms. The SMILES string of the molecule is C#CC(C)N(C)[C@](CC)(CCC(C)C)C(C)CC(C)CC(C)CC(C)C. The third kappa shape index (κ3) is 8.04. The summed E-state index contributed by atoms with van der Waals surface area (Å²) in [5.41, 5.74) is 0.214. The van der Waals surface area contributed by atoms with E-state index in [1.807, 2.05) is 0 Å². The van der Waals surface area contributed by atoms with Crippen molar-refractivity contribution in [1.82, 2.24) is 4.90 Å². The van der Waals surface area contributed by atoms with Crippen molar-refractivity contribution in [2.24, 2.45) is 29.6 Å². The zero-order chi connectivity index (χ0) is 20.5. The van der Waals surface area contributed by atoms with E-state index in [9.17, 15) is 0 Å². The number of hydrogen-bond acceptors (Lipinski definition) is 1. The second kappa shape index (κ2) is 12.1. The first kappa shape index (κ1) is 25.5. The Morgan fingerprint density at radius 1 is 0.846 bits per heavy atom. The first-order chi connectivity index (χ1) is 12.0. The highest BCUT2D eigenvalue weighted by Crippen LogP contribution is 2.39. The molecule has 154 valence electrons. The van der Waals surface area contributed by atoms with Crippen LogP contribution in [-0.2, 0) is 0 Å². The first-order valence-electron chi connectivity index (χ1n) is 11.2. The summed E-state index contributed by atoms with van der Waals surface area (Å²) >= 11 is 0. The van der Waals surface area contributed by atoms with Crippen LogP contribution in [0.15, 0.2) is 0 Å². The standard InChI is InChI=1S/C25H49N/c1-12-24(10)26(11)25(13-2,15-14-19(3)4)23(9)18-22(8)17-21(7)16-20(5)6/h1,19-24H,13-18H2,2-11H3/t21?,22?,23?,24?,25-/m1/s1. The maximum absolute atomic E-state index is 5.80. The molecule has 0 rings (SSSR count). The first-order valence-corrected chi connectivity index (χ1v) is 11.2. The van der Waals surface area contributed by atoms with Crippen LogP contribution in [-0.4, -0.2) is 23.5 Å². The molecule has 1 nitrogen and oxygen atoms in total. The lowest BCUT2D eigenvalue weighted by atomic mass is 9.71. The fourth-order valence-electron chi connectivity index (χ4n) is 5.09. The summed E-state index contributed by atoms with van der Waals surface area (Å²) in [6.45, 7) is 21.3. The molecule has 0 amide bonds. The van der Waals surface area contributed by atoms with E-state index in [4.69, 9.17) is 6.42 Å². The Kier molecular flexibility index (Phi) is 11.8. The highest BCUT2D eigenvalue weighted by molar-refractivity contribution is 5.04. The Labute approximate surface area is 166 Å². The van der Waals surface area contributed by atoms with Crippen molar-refractivity contribution >= 4 is 0 Å². The molecule has 0 aromatic heterocycles. The largest absolute Gasteiger partial charge is 0.287 e. The Morgan fingerprint density at radius 3 is 1.81 bits per heavy atom. The van der Waals surface area contributed by atoms with Crippen LogP contribution in [0.3, 0.4) is 0 Å². The van der Waals surface area contributed by atoms with Gasteiger partial charge in [0.25, 0.3) is 0 Å². The van der Waals surface area contributed by atoms with Gasteiger partial charge in [-0.1, -0.05) is 61.3 Å². The van der Waals surface area contributed by atoms with Crippen LogP contribution in [0.2, 0.25) is 0 Å². The molecule has 0 aromatic carbocycles. The minimum absolute atomic E-state index is 0.194. The molecular formula is C25H49N. The van der Waals surface area contributed by atoms with Crippen LogP contribution in [0, 0.1) is 41.9 Å². The average Bonchev–Trinajstić information content (AvgIpc) is 2.53. The molecule has 0 N–H and O–H groups in total. The Balaban J connectivity index is 5.24. The van der Waals surface area contributed by atoms with Gasteiger partial charge in [-0.05, 0) is 82.1 Å². The highest BCUT2D eigenvalue weighted by atomic mass is 15.2. The van der Waals surface area contributed by atoms with Crippen molar-refractivity contribution in [3.8, 4) is 12.3 Å². The summed E-state index contributed by atoms with van der Waals surface area (Å²) in [7, 11) is 2.26. The molecule has 0 bridgehead atoms. The summed E-state index contributed by atoms with van der Waals surface area (Å²) < 4.78 is 0. The van der Waals surface area contributed by atoms with Crippen molar-refractivity contribution in [2.75, 3.05) is 7.05 Å². The quantitative estimate of drug-likeness (QED) is 0.311. The molecular weight excluding hydrogens is 314 g/mol. The maximum Gasteiger partial charge on any atom is 0.0685 e. The van der Waals surface area contributed by atoms with Gasteiger partial charge in [0.2, 0.25) is 0 Å². The van der Waals surface area contributed by atoms with Crippen molar-refractivity contribution in [3.05, 3.63) is 0 Å². The Bertz CT molecular complexity index is 405. The number of hydrogen-bond donors (Lipinski definition) is 0. The molecule has 0 fully saturated rings. The van der Waals surface area contributed by atoms with E-state index in [1.54, 1.807) is 0 Å². The van der Waals surface area contributed by atoms with Gasteiger partial charge in [0.1, 0.15) is 0 Å². The lowest BCUT2D eigenvalue weighted by Gasteiger charge is -2.49. The van der Waals surface area contributed by atoms with E-state index in [0.29, 0.717) is 5.92 Å². The summed E-state index contributed by atoms with van der Waals surface area (Å²) in [5, 5.41) is 0. The Hall–Kier alpha value is -0.480. The van der Waals surface area contributed by atoms with Gasteiger partial charge in [0.05, 0.1) is 6.04 Å². The molecule has 0 saturated carbocycles. The minimum Gasteiger partial charge on any atom is -0.287 e. The summed E-state index contributed by atoms with van der Waals surface area (Å²) in [6, 6.07) is 0.194. The zero-order valence-electron chi connectivity index (χ0n) is 19.7. The van der Waals surface area contributed by atoms with E-state index in [2.05, 4.69) is 80.2 Å². The normalized spacial score (nSPS) is 19.2. The van der Waals surface area contributed by atoms with Crippen molar-refractivity contribution < 1.29 is 0 Å². The third-order valence-electron chi connectivity index (χ3n) is 6.64. The molecule has 5 atom stereocenters. The molecule has 0 aromatic rings. The predicted molar refractivity (Wildman–Crippen MR) is 119 cm³/mol. The van der Waals surface area contributed by atoms with E-state index in [1.165, 1.54) is 38.5 Å². The van der Waals surface area contributed by atoms with E-state index in [0.717, 1.165) is 23.7 Å². The fourth-order valence-corrected chi connectivity index (χ4v) is 5.09. The lowest BCUT2D eigenvalue weighted by Crippen LogP contribution is -2.54. The molecule has 26 heavy (non-hydrogen) atoms. The van der Waals surface area contributed by atoms with Gasteiger partial charge in [-0.3, -0.25) is 4.90 Å². The molecule has 0 aliphatic carbocycles. The van der Waals surface area contributed by atoms with E-state index < -0.39 is 0 Å². The number of rotatable bonds is 13. The third-order valence-corrected chi connectivity index (χ3v) is 6.64. The second-order valence-electron chi connectivity index (χ2n) is 10.1. The topological polar surface area (TPSA) is 3.24 Å². The monoisotopic (exact) mass is 363 g/mol. The number of nitrogens with zero attached hydrogens (tertiary/aromatic N) is 1. The van der Waals surface area contributed by atoms with Gasteiger partial charge >= 0.3 is 0 Å². The van der Waals surface area contributed by atoms with Crippen molar-refractivity contribution in [3.63, 3.8) is 0 Å². The molecule has 0 saturated heterocycles. The number of terminal acetylenes is 1. The lowest BCUT2D eigenvalue weighted by molar-refractivity contribution is 0.0191. The van der Waals surface area contributed by atoms with Crippen molar-refractivity contribution in [2.45, 2.75) is 112 Å². The average molecular weight is 364 g/mol. The smallest absolute Gasteiger partial charge is 0.0685 e. The van der Waals surface area contributed by atoms with Crippen LogP contribution >= 0.6 is 0 Å². The van der Waals surface area contributed by atoms with Gasteiger partial charge in [-0.25, -0.2) is 0 Å². The van der Waals surface area contributed by atoms with Gasteiger partial charge in [-0.2, -0.15) is 0 Å². The van der Waals surface area contributed by atoms with Crippen LogP contribution in [0.25, 0.3) is 0 Å². The zero-order valence-corrected chi connectivity index (χ0v) is 19.7. The minimum atomic E-state index is 0.194. The summed E-state index contributed by atoms with van der Waals surface area (Å²) in [6.07, 6.45) is 13.5. The van der Waals surface area contributed by atoms with Gasteiger partial charge in [0, 0.05) is 5.54 Å². The van der Waals surface area contributed by atoms with Crippen LogP contribution in [0.1, 0.15) is 101 Å². The predicted octanol–water partition coefficient (Wildman–Crippen LogP) is 7.26. The van der Waals surface area contributed by atoms with Crippen LogP contribution < -0.4 is 0 Å². The maximum atomic E-state index is 5.80. The molecule has 0 aliphatic heterocycles. The van der Waals surface area contributed by atoms with E-state index in [-0.39, 0.29) is 11.6 Å². The molecule has 1 heteroatoms. The molecule has 4 unspecified atom stereocenters. The van der Waals surface area contributed by atoms with Crippen LogP contribution in [0.5, 0.6) is 0 Å².